The van der Waals surface area contributed by atoms with E-state index in [9.17, 15) is 18.3 Å². The average molecular weight is 466 g/mol. The van der Waals surface area contributed by atoms with Crippen LogP contribution < -0.4 is 0 Å². The molecule has 5 rings (SSSR count). The van der Waals surface area contributed by atoms with Crippen molar-refractivity contribution in [1.82, 2.24) is 23.6 Å². The minimum absolute atomic E-state index is 0.0155. The van der Waals surface area contributed by atoms with Crippen LogP contribution in [-0.2, 0) is 14.8 Å². The normalized spacial score (nSPS) is 20.2. The maximum Gasteiger partial charge on any atom is 0.328 e. The van der Waals surface area contributed by atoms with Crippen molar-refractivity contribution in [2.24, 2.45) is 5.92 Å². The Balaban J connectivity index is 1.65. The standard InChI is InChI=1S/C23H23N5O4S/c1-3-16-10-15(12-21(29)30)11-18(16)22-26-25-20-13-24-23-19(28(20)22)8-9-27(23)33(31,32)17-6-4-14(2)5-7-17/h4-9,12-13,16,18H,3,10-11H2,1-2H3,(H,29,30)/t16-,18+/m1/s1. The molecule has 9 nitrogen and oxygen atoms in total. The van der Waals surface area contributed by atoms with E-state index in [1.54, 1.807) is 30.3 Å². The molecule has 10 heteroatoms. The van der Waals surface area contributed by atoms with Gasteiger partial charge in [0, 0.05) is 18.2 Å². The monoisotopic (exact) mass is 465 g/mol. The molecular weight excluding hydrogens is 442 g/mol. The number of carboxylic acids is 1. The summed E-state index contributed by atoms with van der Waals surface area (Å²) in [5, 5.41) is 17.9. The number of aromatic nitrogens is 5. The number of fused-ring (bicyclic) bond motifs is 3. The largest absolute Gasteiger partial charge is 0.478 e. The smallest absolute Gasteiger partial charge is 0.328 e. The third-order valence-corrected chi connectivity index (χ3v) is 8.08. The minimum atomic E-state index is -3.83. The third-order valence-electron chi connectivity index (χ3n) is 6.40. The van der Waals surface area contributed by atoms with Gasteiger partial charge < -0.3 is 5.11 Å². The zero-order chi connectivity index (χ0) is 23.3. The molecule has 3 heterocycles. The Morgan fingerprint density at radius 1 is 1.18 bits per heavy atom. The number of aryl methyl sites for hydroxylation is 1. The molecule has 0 aliphatic heterocycles. The van der Waals surface area contributed by atoms with E-state index in [0.717, 1.165) is 17.6 Å². The van der Waals surface area contributed by atoms with Gasteiger partial charge >= 0.3 is 5.97 Å². The molecule has 1 N–H and O–H groups in total. The van der Waals surface area contributed by atoms with E-state index in [1.165, 1.54) is 22.4 Å². The van der Waals surface area contributed by atoms with Crippen LogP contribution in [0.25, 0.3) is 16.8 Å². The van der Waals surface area contributed by atoms with E-state index in [0.29, 0.717) is 29.8 Å². The van der Waals surface area contributed by atoms with Crippen molar-refractivity contribution in [2.45, 2.75) is 43.9 Å². The first-order chi connectivity index (χ1) is 15.8. The summed E-state index contributed by atoms with van der Waals surface area (Å²) in [4.78, 5) is 15.8. The van der Waals surface area contributed by atoms with Crippen LogP contribution in [0.3, 0.4) is 0 Å². The van der Waals surface area contributed by atoms with E-state index in [1.807, 2.05) is 11.3 Å². The van der Waals surface area contributed by atoms with Crippen molar-refractivity contribution in [1.29, 1.82) is 0 Å². The van der Waals surface area contributed by atoms with Crippen LogP contribution in [0.4, 0.5) is 0 Å². The van der Waals surface area contributed by atoms with Gasteiger partial charge in [-0.1, -0.05) is 36.6 Å². The topological polar surface area (TPSA) is 119 Å². The summed E-state index contributed by atoms with van der Waals surface area (Å²) < 4.78 is 29.6. The summed E-state index contributed by atoms with van der Waals surface area (Å²) in [5.74, 6) is -0.0389. The highest BCUT2D eigenvalue weighted by Crippen LogP contribution is 2.44. The minimum Gasteiger partial charge on any atom is -0.478 e. The summed E-state index contributed by atoms with van der Waals surface area (Å²) in [6, 6.07) is 8.39. The quantitative estimate of drug-likeness (QED) is 0.448. The second-order valence-electron chi connectivity index (χ2n) is 8.47. The van der Waals surface area contributed by atoms with Gasteiger partial charge in [0.25, 0.3) is 10.0 Å². The molecule has 1 aliphatic carbocycles. The Morgan fingerprint density at radius 2 is 1.94 bits per heavy atom. The molecule has 4 aromatic rings. The second kappa shape index (κ2) is 7.80. The van der Waals surface area contributed by atoms with E-state index in [-0.39, 0.29) is 22.4 Å². The molecule has 0 unspecified atom stereocenters. The first-order valence-electron chi connectivity index (χ1n) is 10.7. The summed E-state index contributed by atoms with van der Waals surface area (Å²) >= 11 is 0. The van der Waals surface area contributed by atoms with Crippen LogP contribution >= 0.6 is 0 Å². The highest BCUT2D eigenvalue weighted by Gasteiger charge is 2.35. The predicted octanol–water partition coefficient (Wildman–Crippen LogP) is 3.54. The lowest BCUT2D eigenvalue weighted by molar-refractivity contribution is -0.131. The van der Waals surface area contributed by atoms with Crippen LogP contribution in [0.15, 0.2) is 59.3 Å². The third kappa shape index (κ3) is 3.50. The molecule has 1 fully saturated rings. The Kier molecular flexibility index (Phi) is 5.04. The number of carbonyl (C=O) groups is 1. The second-order valence-corrected chi connectivity index (χ2v) is 10.3. The zero-order valence-corrected chi connectivity index (χ0v) is 19.0. The Labute approximate surface area is 190 Å². The highest BCUT2D eigenvalue weighted by atomic mass is 32.2. The first kappa shape index (κ1) is 21.3. The molecule has 33 heavy (non-hydrogen) atoms. The van der Waals surface area contributed by atoms with Gasteiger partial charge in [0.05, 0.1) is 16.6 Å². The van der Waals surface area contributed by atoms with Crippen molar-refractivity contribution >= 4 is 32.8 Å². The number of allylic oxidation sites excluding steroid dienone is 1. The van der Waals surface area contributed by atoms with Crippen LogP contribution in [0.5, 0.6) is 0 Å². The number of hydrogen-bond donors (Lipinski definition) is 1. The number of nitrogens with zero attached hydrogens (tertiary/aromatic N) is 5. The van der Waals surface area contributed by atoms with Crippen LogP contribution in [0.2, 0.25) is 0 Å². The number of carboxylic acid groups (broad SMARTS) is 1. The Hall–Kier alpha value is -3.53. The predicted molar refractivity (Wildman–Crippen MR) is 122 cm³/mol. The molecule has 0 spiro atoms. The fourth-order valence-electron chi connectivity index (χ4n) is 4.75. The van der Waals surface area contributed by atoms with Gasteiger partial charge in [-0.15, -0.1) is 10.2 Å². The summed E-state index contributed by atoms with van der Waals surface area (Å²) in [5.41, 5.74) is 3.25. The number of aliphatic carboxylic acids is 1. The molecule has 170 valence electrons. The van der Waals surface area contributed by atoms with Crippen molar-refractivity contribution in [3.05, 3.63) is 65.8 Å². The van der Waals surface area contributed by atoms with Crippen molar-refractivity contribution in [2.75, 3.05) is 0 Å². The lowest BCUT2D eigenvalue weighted by Crippen LogP contribution is -2.13. The number of hydrogen-bond acceptors (Lipinski definition) is 6. The molecular formula is C23H23N5O4S. The van der Waals surface area contributed by atoms with Crippen molar-refractivity contribution in [3.8, 4) is 0 Å². The summed E-state index contributed by atoms with van der Waals surface area (Å²) in [6.45, 7) is 3.98. The van der Waals surface area contributed by atoms with Gasteiger partial charge in [0.2, 0.25) is 0 Å². The maximum atomic E-state index is 13.3. The van der Waals surface area contributed by atoms with Gasteiger partial charge in [-0.3, -0.25) is 4.40 Å². The van der Waals surface area contributed by atoms with Gasteiger partial charge in [-0.2, -0.15) is 0 Å². The fraction of sp³-hybridized carbons (Fsp3) is 0.304. The SMILES string of the molecule is CC[C@@H]1CC(=CC(=O)O)C[C@@H]1c1nnc2cnc3c(ccn3S(=O)(=O)c3ccc(C)cc3)n12. The number of benzene rings is 1. The van der Waals surface area contributed by atoms with E-state index >= 15 is 0 Å². The lowest BCUT2D eigenvalue weighted by atomic mass is 9.93. The van der Waals surface area contributed by atoms with Crippen molar-refractivity contribution < 1.29 is 18.3 Å². The molecule has 1 aliphatic rings. The van der Waals surface area contributed by atoms with Gasteiger partial charge in [-0.05, 0) is 43.9 Å². The van der Waals surface area contributed by atoms with Gasteiger partial charge in [-0.25, -0.2) is 22.2 Å². The highest BCUT2D eigenvalue weighted by molar-refractivity contribution is 7.90. The van der Waals surface area contributed by atoms with Gasteiger partial charge in [0.15, 0.2) is 11.3 Å². The van der Waals surface area contributed by atoms with Crippen LogP contribution in [-0.4, -0.2) is 43.0 Å². The average Bonchev–Trinajstić information content (AvgIpc) is 3.49. The zero-order valence-electron chi connectivity index (χ0n) is 18.2. The molecule has 3 aromatic heterocycles. The van der Waals surface area contributed by atoms with E-state index < -0.39 is 16.0 Å². The molecule has 0 saturated heterocycles. The first-order valence-corrected chi connectivity index (χ1v) is 12.2. The molecule has 1 saturated carbocycles. The molecule has 1 aromatic carbocycles. The molecule has 0 bridgehead atoms. The number of rotatable bonds is 5. The maximum absolute atomic E-state index is 13.3. The van der Waals surface area contributed by atoms with Crippen LogP contribution in [0.1, 0.15) is 43.5 Å². The van der Waals surface area contributed by atoms with Gasteiger partial charge in [0.1, 0.15) is 5.82 Å². The summed E-state index contributed by atoms with van der Waals surface area (Å²) in [7, 11) is -3.83. The van der Waals surface area contributed by atoms with Crippen LogP contribution in [0, 0.1) is 12.8 Å². The fourth-order valence-corrected chi connectivity index (χ4v) is 6.04. The lowest BCUT2D eigenvalue weighted by Gasteiger charge is -2.16. The van der Waals surface area contributed by atoms with Crippen molar-refractivity contribution in [3.63, 3.8) is 0 Å². The van der Waals surface area contributed by atoms with E-state index in [4.69, 9.17) is 0 Å². The molecule has 0 radical (unpaired) electrons. The Bertz CT molecular complexity index is 1520. The van der Waals surface area contributed by atoms with E-state index in [2.05, 4.69) is 22.1 Å². The molecule has 0 amide bonds. The summed E-state index contributed by atoms with van der Waals surface area (Å²) in [6.07, 6.45) is 6.44. The molecule has 2 atom stereocenters. The Morgan fingerprint density at radius 3 is 2.64 bits per heavy atom.